The molecule has 0 aliphatic rings. The van der Waals surface area contributed by atoms with E-state index in [1.807, 2.05) is 45.9 Å². The number of anilines is 1. The summed E-state index contributed by atoms with van der Waals surface area (Å²) in [4.78, 5) is 27.8. The molecule has 0 aromatic heterocycles. The Hall–Kier alpha value is -2.29. The maximum absolute atomic E-state index is 13.4. The first-order valence-corrected chi connectivity index (χ1v) is 14.9. The highest BCUT2D eigenvalue weighted by molar-refractivity contribution is 7.92. The van der Waals surface area contributed by atoms with Crippen LogP contribution in [0.15, 0.2) is 36.4 Å². The third-order valence-corrected chi connectivity index (χ3v) is 8.21. The van der Waals surface area contributed by atoms with Crippen molar-refractivity contribution in [1.29, 1.82) is 0 Å². The quantitative estimate of drug-likeness (QED) is 0.366. The molecule has 0 saturated carbocycles. The molecule has 0 saturated heterocycles. The van der Waals surface area contributed by atoms with Crippen LogP contribution >= 0.6 is 23.2 Å². The monoisotopic (exact) mass is 569 g/mol. The van der Waals surface area contributed by atoms with Crippen LogP contribution in [0.4, 0.5) is 5.69 Å². The third kappa shape index (κ3) is 8.90. The molecule has 2 atom stereocenters. The molecule has 37 heavy (non-hydrogen) atoms. The summed E-state index contributed by atoms with van der Waals surface area (Å²) in [6, 6.07) is 9.96. The fraction of sp³-hybridized carbons (Fsp3) is 0.481. The van der Waals surface area contributed by atoms with Gasteiger partial charge in [-0.2, -0.15) is 0 Å². The number of halogens is 2. The Bertz CT molecular complexity index is 1220. The highest BCUT2D eigenvalue weighted by Gasteiger charge is 2.27. The summed E-state index contributed by atoms with van der Waals surface area (Å²) in [7, 11) is -3.56. The van der Waals surface area contributed by atoms with Gasteiger partial charge in [-0.3, -0.25) is 13.9 Å². The van der Waals surface area contributed by atoms with Crippen LogP contribution in [0.5, 0.6) is 0 Å². The number of nitrogens with one attached hydrogen (secondary N) is 1. The van der Waals surface area contributed by atoms with Gasteiger partial charge in [0.15, 0.2) is 0 Å². The second-order valence-corrected chi connectivity index (χ2v) is 12.2. The van der Waals surface area contributed by atoms with Crippen LogP contribution in [0.2, 0.25) is 10.0 Å². The van der Waals surface area contributed by atoms with E-state index in [1.54, 1.807) is 25.1 Å². The molecule has 0 aliphatic heterocycles. The van der Waals surface area contributed by atoms with Crippen molar-refractivity contribution in [3.05, 3.63) is 63.1 Å². The molecule has 1 N–H and O–H groups in total. The van der Waals surface area contributed by atoms with Gasteiger partial charge in [-0.25, -0.2) is 8.42 Å². The fourth-order valence-electron chi connectivity index (χ4n) is 3.85. The summed E-state index contributed by atoms with van der Waals surface area (Å²) >= 11 is 12.2. The van der Waals surface area contributed by atoms with Crippen molar-refractivity contribution in [2.75, 3.05) is 17.1 Å². The lowest BCUT2D eigenvalue weighted by atomic mass is 10.1. The maximum Gasteiger partial charge on any atom is 0.242 e. The summed E-state index contributed by atoms with van der Waals surface area (Å²) in [6.45, 7) is 9.63. The van der Waals surface area contributed by atoms with Crippen molar-refractivity contribution < 1.29 is 18.0 Å². The van der Waals surface area contributed by atoms with Crippen molar-refractivity contribution in [2.24, 2.45) is 0 Å². The van der Waals surface area contributed by atoms with Crippen LogP contribution in [0, 0.1) is 13.8 Å². The van der Waals surface area contributed by atoms with Gasteiger partial charge in [0, 0.05) is 25.6 Å². The number of benzene rings is 2. The summed E-state index contributed by atoms with van der Waals surface area (Å²) in [6.07, 6.45) is 2.28. The average Bonchev–Trinajstić information content (AvgIpc) is 2.82. The van der Waals surface area contributed by atoms with Crippen molar-refractivity contribution >= 4 is 50.7 Å². The first-order chi connectivity index (χ1) is 17.2. The number of aryl methyl sites for hydroxylation is 2. The van der Waals surface area contributed by atoms with Crippen LogP contribution in [0.3, 0.4) is 0 Å². The molecule has 0 spiro atoms. The molecular weight excluding hydrogens is 533 g/mol. The number of nitrogens with zero attached hydrogens (tertiary/aromatic N) is 2. The van der Waals surface area contributed by atoms with Crippen LogP contribution in [0.25, 0.3) is 0 Å². The van der Waals surface area contributed by atoms with E-state index in [2.05, 4.69) is 5.32 Å². The van der Waals surface area contributed by atoms with E-state index in [0.717, 1.165) is 29.4 Å². The molecule has 0 heterocycles. The largest absolute Gasteiger partial charge is 0.352 e. The lowest BCUT2D eigenvalue weighted by Gasteiger charge is -2.30. The second kappa shape index (κ2) is 13.5. The number of carbonyl (C=O) groups excluding carboxylic acids is 2. The Labute approximate surface area is 231 Å². The number of hydrogen-bond donors (Lipinski definition) is 1. The SMILES string of the molecule is CC[C@H](C)NC(=O)[C@H](C)N(Cc1ccc(Cl)c(Cl)c1)C(=O)CCCN(c1cc(C)ccc1C)S(C)(=O)=O. The van der Waals surface area contributed by atoms with E-state index in [4.69, 9.17) is 23.2 Å². The first-order valence-electron chi connectivity index (χ1n) is 12.3. The topological polar surface area (TPSA) is 86.8 Å². The third-order valence-electron chi connectivity index (χ3n) is 6.29. The molecule has 0 bridgehead atoms. The Morgan fingerprint density at radius 1 is 1.03 bits per heavy atom. The predicted octanol–water partition coefficient (Wildman–Crippen LogP) is 5.49. The Morgan fingerprint density at radius 2 is 1.70 bits per heavy atom. The Balaban J connectivity index is 2.24. The molecule has 2 amide bonds. The van der Waals surface area contributed by atoms with E-state index in [0.29, 0.717) is 15.7 Å². The van der Waals surface area contributed by atoms with Crippen LogP contribution in [-0.2, 0) is 26.2 Å². The van der Waals surface area contributed by atoms with Crippen LogP contribution < -0.4 is 9.62 Å². The summed E-state index contributed by atoms with van der Waals surface area (Å²) in [5, 5.41) is 3.69. The Kier molecular flexibility index (Phi) is 11.3. The van der Waals surface area contributed by atoms with Gasteiger partial charge >= 0.3 is 0 Å². The maximum atomic E-state index is 13.4. The van der Waals surface area contributed by atoms with Gasteiger partial charge < -0.3 is 10.2 Å². The molecule has 0 fully saturated rings. The van der Waals surface area contributed by atoms with Gasteiger partial charge in [-0.05, 0) is 75.4 Å². The second-order valence-electron chi connectivity index (χ2n) is 9.49. The lowest BCUT2D eigenvalue weighted by Crippen LogP contribution is -2.49. The van der Waals surface area contributed by atoms with Gasteiger partial charge in [-0.1, -0.05) is 48.3 Å². The van der Waals surface area contributed by atoms with Crippen molar-refractivity contribution in [3.8, 4) is 0 Å². The van der Waals surface area contributed by atoms with Gasteiger partial charge in [0.05, 0.1) is 22.0 Å². The lowest BCUT2D eigenvalue weighted by molar-refractivity contribution is -0.140. The van der Waals surface area contributed by atoms with E-state index in [-0.39, 0.29) is 43.8 Å². The molecular formula is C27H37Cl2N3O4S. The zero-order valence-corrected chi connectivity index (χ0v) is 24.7. The van der Waals surface area contributed by atoms with E-state index in [1.165, 1.54) is 9.21 Å². The number of amides is 2. The summed E-state index contributed by atoms with van der Waals surface area (Å²) in [5.41, 5.74) is 3.11. The van der Waals surface area contributed by atoms with E-state index >= 15 is 0 Å². The highest BCUT2D eigenvalue weighted by Crippen LogP contribution is 2.26. The van der Waals surface area contributed by atoms with Crippen LogP contribution in [-0.4, -0.2) is 50.0 Å². The molecule has 0 unspecified atom stereocenters. The smallest absolute Gasteiger partial charge is 0.242 e. The predicted molar refractivity (Wildman–Crippen MR) is 152 cm³/mol. The number of hydrogen-bond acceptors (Lipinski definition) is 4. The number of rotatable bonds is 12. The highest BCUT2D eigenvalue weighted by atomic mass is 35.5. The molecule has 2 rings (SSSR count). The number of carbonyl (C=O) groups is 2. The molecule has 2 aromatic rings. The normalized spacial score (nSPS) is 13.1. The fourth-order valence-corrected chi connectivity index (χ4v) is 5.19. The number of sulfonamides is 1. The first kappa shape index (κ1) is 30.9. The van der Waals surface area contributed by atoms with Crippen molar-refractivity contribution in [3.63, 3.8) is 0 Å². The molecule has 7 nitrogen and oxygen atoms in total. The van der Waals surface area contributed by atoms with Gasteiger partial charge in [0.2, 0.25) is 21.8 Å². The van der Waals surface area contributed by atoms with Gasteiger partial charge in [0.25, 0.3) is 0 Å². The minimum Gasteiger partial charge on any atom is -0.352 e. The summed E-state index contributed by atoms with van der Waals surface area (Å²) in [5.74, 6) is -0.511. The zero-order valence-electron chi connectivity index (χ0n) is 22.3. The molecule has 2 aromatic carbocycles. The van der Waals surface area contributed by atoms with E-state index in [9.17, 15) is 18.0 Å². The minimum absolute atomic E-state index is 0.0298. The van der Waals surface area contributed by atoms with Crippen molar-refractivity contribution in [1.82, 2.24) is 10.2 Å². The van der Waals surface area contributed by atoms with Gasteiger partial charge in [-0.15, -0.1) is 0 Å². The molecule has 204 valence electrons. The van der Waals surface area contributed by atoms with Gasteiger partial charge in [0.1, 0.15) is 6.04 Å². The molecule has 10 heteroatoms. The zero-order chi connectivity index (χ0) is 27.9. The standard InChI is InChI=1S/C27H37Cl2N3O4S/c1-7-20(4)30-27(34)21(5)31(17-22-12-13-23(28)24(29)16-22)26(33)9-8-14-32(37(6,35)36)25-15-18(2)10-11-19(25)3/h10-13,15-16,20-21H,7-9,14,17H2,1-6H3,(H,30,34)/t20-,21-/m0/s1. The Morgan fingerprint density at radius 3 is 2.30 bits per heavy atom. The minimum atomic E-state index is -3.56. The van der Waals surface area contributed by atoms with E-state index < -0.39 is 16.1 Å². The summed E-state index contributed by atoms with van der Waals surface area (Å²) < 4.78 is 26.5. The molecule has 0 radical (unpaired) electrons. The average molecular weight is 571 g/mol. The molecule has 0 aliphatic carbocycles. The van der Waals surface area contributed by atoms with Crippen LogP contribution in [0.1, 0.15) is 56.7 Å². The van der Waals surface area contributed by atoms with Crippen molar-refractivity contribution in [2.45, 2.75) is 72.5 Å².